The van der Waals surface area contributed by atoms with E-state index in [-0.39, 0.29) is 18.5 Å². The second-order valence-electron chi connectivity index (χ2n) is 8.58. The normalized spacial score (nSPS) is 15.7. The molecule has 1 unspecified atom stereocenters. The Balaban J connectivity index is 1.66. The number of benzene rings is 2. The SMILES string of the molecule is CCN/C=C(\C=N)CNC(=O)C1=C(C)NC(Nc2nc3cccc(CC)c3o2)=NC1c1ccc(Cl)cc1Cl. The van der Waals surface area contributed by atoms with Gasteiger partial charge >= 0.3 is 6.01 Å². The highest BCUT2D eigenvalue weighted by molar-refractivity contribution is 6.35. The molecular weight excluding hydrogens is 525 g/mol. The number of nitrogens with one attached hydrogen (secondary N) is 5. The minimum Gasteiger partial charge on any atom is -0.423 e. The molecule has 2 aromatic carbocycles. The summed E-state index contributed by atoms with van der Waals surface area (Å²) in [7, 11) is 0. The standard InChI is InChI=1S/C27H29Cl2N7O2/c1-4-17-7-6-8-21-24(17)38-27(34-21)36-26-33-15(3)22(25(37)32-14-16(12-30)13-31-5-2)23(35-26)19-10-9-18(28)11-20(19)29/h6-13,23,30-31H,4-5,14H2,1-3H3,(H,32,37)(H2,33,34,35,36)/b16-13+,30-12?. The first-order valence-corrected chi connectivity index (χ1v) is 13.0. The maximum Gasteiger partial charge on any atom is 0.302 e. The summed E-state index contributed by atoms with van der Waals surface area (Å²) in [6.07, 6.45) is 3.71. The van der Waals surface area contributed by atoms with Crippen LogP contribution in [0.25, 0.3) is 11.1 Å². The van der Waals surface area contributed by atoms with Crippen LogP contribution in [0.1, 0.15) is 37.9 Å². The van der Waals surface area contributed by atoms with E-state index in [2.05, 4.69) is 33.2 Å². The molecule has 3 aromatic rings. The molecule has 1 aromatic heterocycles. The third-order valence-corrected chi connectivity index (χ3v) is 6.54. The van der Waals surface area contributed by atoms with E-state index in [1.54, 1.807) is 31.3 Å². The highest BCUT2D eigenvalue weighted by Gasteiger charge is 2.31. The van der Waals surface area contributed by atoms with Crippen molar-refractivity contribution in [1.29, 1.82) is 5.41 Å². The molecular formula is C27H29Cl2N7O2. The van der Waals surface area contributed by atoms with E-state index in [1.807, 2.05) is 25.1 Å². The number of oxazole rings is 1. The molecule has 1 aliphatic heterocycles. The van der Waals surface area contributed by atoms with Gasteiger partial charge in [0, 0.05) is 52.4 Å². The van der Waals surface area contributed by atoms with Crippen LogP contribution in [0.3, 0.4) is 0 Å². The number of allylic oxidation sites excluding steroid dienone is 1. The predicted octanol–water partition coefficient (Wildman–Crippen LogP) is 5.34. The van der Waals surface area contributed by atoms with E-state index in [0.717, 1.165) is 17.5 Å². The number of hydrogen-bond acceptors (Lipinski definition) is 8. The minimum atomic E-state index is -0.736. The first-order valence-electron chi connectivity index (χ1n) is 12.2. The summed E-state index contributed by atoms with van der Waals surface area (Å²) in [6, 6.07) is 10.4. The molecule has 0 spiro atoms. The van der Waals surface area contributed by atoms with Crippen LogP contribution >= 0.6 is 23.2 Å². The molecule has 0 saturated heterocycles. The summed E-state index contributed by atoms with van der Waals surface area (Å²) < 4.78 is 5.98. The fraction of sp³-hybridized carbons (Fsp3) is 0.259. The third kappa shape index (κ3) is 6.00. The Morgan fingerprint density at radius 3 is 2.76 bits per heavy atom. The Bertz CT molecular complexity index is 1460. The van der Waals surface area contributed by atoms with Gasteiger partial charge in [-0.3, -0.25) is 10.1 Å². The average molecular weight is 554 g/mol. The van der Waals surface area contributed by atoms with Crippen LogP contribution in [-0.4, -0.2) is 36.2 Å². The average Bonchev–Trinajstić information content (AvgIpc) is 3.31. The van der Waals surface area contributed by atoms with E-state index in [4.69, 9.17) is 38.0 Å². The van der Waals surface area contributed by atoms with Crippen LogP contribution < -0.4 is 21.3 Å². The summed E-state index contributed by atoms with van der Waals surface area (Å²) in [5.41, 5.74) is 4.70. The number of aryl methyl sites for hydroxylation is 1. The molecule has 0 aliphatic carbocycles. The molecule has 1 atom stereocenters. The van der Waals surface area contributed by atoms with Gasteiger partial charge in [0.15, 0.2) is 5.58 Å². The van der Waals surface area contributed by atoms with Gasteiger partial charge < -0.3 is 25.8 Å². The molecule has 1 amide bonds. The van der Waals surface area contributed by atoms with Gasteiger partial charge in [-0.05, 0) is 44.0 Å². The van der Waals surface area contributed by atoms with E-state index < -0.39 is 6.04 Å². The third-order valence-electron chi connectivity index (χ3n) is 5.98. The smallest absolute Gasteiger partial charge is 0.302 e. The molecule has 1 aliphatic rings. The van der Waals surface area contributed by atoms with Crippen molar-refractivity contribution in [3.63, 3.8) is 0 Å². The van der Waals surface area contributed by atoms with Gasteiger partial charge in [0.2, 0.25) is 5.96 Å². The lowest BCUT2D eigenvalue weighted by molar-refractivity contribution is -0.117. The molecule has 5 N–H and O–H groups in total. The number of aromatic nitrogens is 1. The van der Waals surface area contributed by atoms with Crippen molar-refractivity contribution in [1.82, 2.24) is 20.9 Å². The number of amides is 1. The lowest BCUT2D eigenvalue weighted by Gasteiger charge is -2.27. The molecule has 9 nitrogen and oxygen atoms in total. The van der Waals surface area contributed by atoms with Gasteiger partial charge in [-0.2, -0.15) is 4.98 Å². The van der Waals surface area contributed by atoms with Crippen molar-refractivity contribution >= 4 is 58.4 Å². The first kappa shape index (κ1) is 27.2. The number of fused-ring (bicyclic) bond motifs is 1. The molecule has 0 saturated carbocycles. The molecule has 2 heterocycles. The topological polar surface area (TPSA) is 127 Å². The van der Waals surface area contributed by atoms with Crippen LogP contribution in [-0.2, 0) is 11.2 Å². The van der Waals surface area contributed by atoms with E-state index >= 15 is 0 Å². The number of guanidine groups is 1. The Morgan fingerprint density at radius 1 is 1.24 bits per heavy atom. The predicted molar refractivity (Wildman–Crippen MR) is 153 cm³/mol. The lowest BCUT2D eigenvalue weighted by atomic mass is 9.95. The Kier molecular flexibility index (Phi) is 8.70. The zero-order chi connectivity index (χ0) is 27.2. The number of aliphatic imine (C=N–C) groups is 1. The largest absolute Gasteiger partial charge is 0.423 e. The second kappa shape index (κ2) is 12.1. The summed E-state index contributed by atoms with van der Waals surface area (Å²) in [4.78, 5) is 22.7. The number of hydrogen-bond donors (Lipinski definition) is 5. The van der Waals surface area contributed by atoms with Crippen molar-refractivity contribution in [2.45, 2.75) is 33.2 Å². The zero-order valence-corrected chi connectivity index (χ0v) is 22.8. The van der Waals surface area contributed by atoms with Gasteiger partial charge in [0.05, 0.1) is 5.57 Å². The quantitative estimate of drug-likeness (QED) is 0.227. The van der Waals surface area contributed by atoms with E-state index in [1.165, 1.54) is 6.21 Å². The maximum atomic E-state index is 13.4. The number of anilines is 1. The molecule has 11 heteroatoms. The summed E-state index contributed by atoms with van der Waals surface area (Å²) >= 11 is 12.7. The van der Waals surface area contributed by atoms with Crippen molar-refractivity contribution in [2.24, 2.45) is 4.99 Å². The van der Waals surface area contributed by atoms with Crippen molar-refractivity contribution in [3.8, 4) is 0 Å². The van der Waals surface area contributed by atoms with Crippen LogP contribution in [0.4, 0.5) is 6.01 Å². The Morgan fingerprint density at radius 2 is 2.05 bits per heavy atom. The second-order valence-corrected chi connectivity index (χ2v) is 9.42. The van der Waals surface area contributed by atoms with E-state index in [9.17, 15) is 4.79 Å². The number of halogens is 2. The van der Waals surface area contributed by atoms with Gasteiger partial charge in [-0.25, -0.2) is 4.99 Å². The van der Waals surface area contributed by atoms with Crippen LogP contribution in [0, 0.1) is 5.41 Å². The molecule has 4 rings (SSSR count). The van der Waals surface area contributed by atoms with Crippen LogP contribution in [0.15, 0.2) is 68.9 Å². The van der Waals surface area contributed by atoms with Gasteiger partial charge in [-0.15, -0.1) is 0 Å². The summed E-state index contributed by atoms with van der Waals surface area (Å²) in [5, 5.41) is 20.6. The molecule has 38 heavy (non-hydrogen) atoms. The van der Waals surface area contributed by atoms with Crippen molar-refractivity contribution < 1.29 is 9.21 Å². The van der Waals surface area contributed by atoms with Gasteiger partial charge in [0.1, 0.15) is 11.6 Å². The Hall–Kier alpha value is -3.82. The van der Waals surface area contributed by atoms with Crippen molar-refractivity contribution in [3.05, 3.63) is 80.6 Å². The van der Waals surface area contributed by atoms with Gasteiger partial charge in [-0.1, -0.05) is 48.3 Å². The minimum absolute atomic E-state index is 0.171. The zero-order valence-electron chi connectivity index (χ0n) is 21.3. The fourth-order valence-electron chi connectivity index (χ4n) is 4.08. The molecule has 0 bridgehead atoms. The lowest BCUT2D eigenvalue weighted by Crippen LogP contribution is -2.39. The van der Waals surface area contributed by atoms with Crippen LogP contribution in [0.5, 0.6) is 0 Å². The van der Waals surface area contributed by atoms with Crippen molar-refractivity contribution in [2.75, 3.05) is 18.4 Å². The number of carbonyl (C=O) groups excluding carboxylic acids is 1. The monoisotopic (exact) mass is 553 g/mol. The van der Waals surface area contributed by atoms with E-state index in [0.29, 0.717) is 50.5 Å². The highest BCUT2D eigenvalue weighted by atomic mass is 35.5. The number of rotatable bonds is 9. The number of nitrogens with zero attached hydrogens (tertiary/aromatic N) is 2. The molecule has 198 valence electrons. The van der Waals surface area contributed by atoms with Gasteiger partial charge in [0.25, 0.3) is 5.91 Å². The first-order chi connectivity index (χ1) is 18.3. The molecule has 0 fully saturated rings. The maximum absolute atomic E-state index is 13.4. The Labute approximate surface area is 230 Å². The number of para-hydroxylation sites is 1. The summed E-state index contributed by atoms with van der Waals surface area (Å²) in [6.45, 7) is 6.67. The summed E-state index contributed by atoms with van der Waals surface area (Å²) in [5.74, 6) is 0.0133. The number of carbonyl (C=O) groups is 1. The molecule has 0 radical (unpaired) electrons. The fourth-order valence-corrected chi connectivity index (χ4v) is 4.59. The van der Waals surface area contributed by atoms with Crippen LogP contribution in [0.2, 0.25) is 10.0 Å². The highest BCUT2D eigenvalue weighted by Crippen LogP contribution is 2.36.